The van der Waals surface area contributed by atoms with Crippen molar-refractivity contribution in [1.29, 1.82) is 0 Å². The van der Waals surface area contributed by atoms with E-state index >= 15 is 0 Å². The van der Waals surface area contributed by atoms with Crippen molar-refractivity contribution in [2.45, 2.75) is 50.7 Å². The number of hydrogen-bond acceptors (Lipinski definition) is 3. The Labute approximate surface area is 215 Å². The molecular formula is C29H31IrN2O2-. The second-order valence-corrected chi connectivity index (χ2v) is 9.21. The Bertz CT molecular complexity index is 1180. The Morgan fingerprint density at radius 1 is 0.765 bits per heavy atom. The standard InChI is InChI=1S/C19H13N2.C10H18O2.Ir/c1-3-9-15(10-4-1)19-20-17-13-7-8-14-18(17)21(19)16-11-5-2-6-12-16;11-8-4-2-1-3-7-5-6-9(12)10(7)8;/h1-9,11-14H;7-12H,1-6H2;/q-1;;. The quantitative estimate of drug-likeness (QED) is 0.275. The van der Waals surface area contributed by atoms with Crippen molar-refractivity contribution in [1.82, 2.24) is 9.55 Å². The van der Waals surface area contributed by atoms with E-state index in [1.807, 2.05) is 60.7 Å². The summed E-state index contributed by atoms with van der Waals surface area (Å²) in [6.07, 6.45) is 6.09. The fraction of sp³-hybridized carbons (Fsp3) is 0.345. The Morgan fingerprint density at radius 3 is 2.26 bits per heavy atom. The average Bonchev–Trinajstić information content (AvgIpc) is 3.37. The number of nitrogens with zero attached hydrogens (tertiary/aromatic N) is 2. The van der Waals surface area contributed by atoms with Gasteiger partial charge in [-0.2, -0.15) is 0 Å². The largest absolute Gasteiger partial charge is 0.393 e. The van der Waals surface area contributed by atoms with E-state index in [2.05, 4.69) is 28.8 Å². The molecule has 2 aliphatic rings. The van der Waals surface area contributed by atoms with E-state index in [1.54, 1.807) is 0 Å². The number of benzene rings is 3. The van der Waals surface area contributed by atoms with Crippen LogP contribution in [0.1, 0.15) is 38.5 Å². The first-order valence-corrected chi connectivity index (χ1v) is 12.1. The minimum absolute atomic E-state index is 0. The van der Waals surface area contributed by atoms with Crippen LogP contribution >= 0.6 is 0 Å². The topological polar surface area (TPSA) is 58.3 Å². The van der Waals surface area contributed by atoms with Gasteiger partial charge in [-0.15, -0.1) is 35.9 Å². The third kappa shape index (κ3) is 5.18. The summed E-state index contributed by atoms with van der Waals surface area (Å²) in [6, 6.07) is 29.7. The minimum atomic E-state index is -0.227. The van der Waals surface area contributed by atoms with Crippen LogP contribution in [0.15, 0.2) is 78.9 Å². The smallest absolute Gasteiger partial charge is 0.0774 e. The molecule has 34 heavy (non-hydrogen) atoms. The van der Waals surface area contributed by atoms with Crippen LogP contribution in [0, 0.1) is 17.9 Å². The number of rotatable bonds is 2. The van der Waals surface area contributed by atoms with Crippen LogP contribution in [-0.2, 0) is 20.1 Å². The molecule has 2 saturated carbocycles. The van der Waals surface area contributed by atoms with E-state index in [1.165, 1.54) is 12.8 Å². The number of para-hydroxylation sites is 3. The van der Waals surface area contributed by atoms with Crippen LogP contribution in [0.2, 0.25) is 0 Å². The van der Waals surface area contributed by atoms with E-state index in [0.717, 1.165) is 53.8 Å². The molecule has 4 atom stereocenters. The summed E-state index contributed by atoms with van der Waals surface area (Å²) in [7, 11) is 0. The van der Waals surface area contributed by atoms with Gasteiger partial charge in [0.1, 0.15) is 0 Å². The van der Waals surface area contributed by atoms with Crippen molar-refractivity contribution < 1.29 is 30.3 Å². The number of imidazole rings is 1. The summed E-state index contributed by atoms with van der Waals surface area (Å²) in [5.41, 5.74) is 4.21. The van der Waals surface area contributed by atoms with Crippen LogP contribution in [0.25, 0.3) is 28.1 Å². The zero-order valence-corrected chi connectivity index (χ0v) is 21.6. The van der Waals surface area contributed by atoms with Gasteiger partial charge in [0, 0.05) is 31.7 Å². The van der Waals surface area contributed by atoms with Crippen LogP contribution < -0.4 is 0 Å². The van der Waals surface area contributed by atoms with Gasteiger partial charge in [-0.25, -0.2) is 0 Å². The maximum absolute atomic E-state index is 9.77. The molecule has 0 spiro atoms. The first-order chi connectivity index (χ1) is 16.2. The van der Waals surface area contributed by atoms with Gasteiger partial charge < -0.3 is 14.8 Å². The van der Waals surface area contributed by atoms with Gasteiger partial charge in [-0.1, -0.05) is 43.2 Å². The van der Waals surface area contributed by atoms with Crippen molar-refractivity contribution in [3.8, 4) is 17.1 Å². The van der Waals surface area contributed by atoms with Gasteiger partial charge in [0.2, 0.25) is 0 Å². The summed E-state index contributed by atoms with van der Waals surface area (Å²) in [4.78, 5) is 4.79. The minimum Gasteiger partial charge on any atom is -0.393 e. The van der Waals surface area contributed by atoms with Gasteiger partial charge in [0.05, 0.1) is 29.1 Å². The number of aliphatic hydroxyl groups excluding tert-OH is 2. The molecule has 1 heterocycles. The van der Waals surface area contributed by atoms with Gasteiger partial charge in [-0.3, -0.25) is 4.98 Å². The maximum atomic E-state index is 9.77. The van der Waals surface area contributed by atoms with Crippen LogP contribution in [0.5, 0.6) is 0 Å². The molecule has 0 aliphatic heterocycles. The zero-order chi connectivity index (χ0) is 22.6. The SMILES string of the molecule is OC1CCCCC2CCC(O)C12.[Ir].[c-]1ccccc1-c1nc2ccccc2n1-c1ccccc1. The summed E-state index contributed by atoms with van der Waals surface area (Å²) in [6.45, 7) is 0. The first-order valence-electron chi connectivity index (χ1n) is 12.1. The molecule has 1 radical (unpaired) electrons. The molecule has 2 fully saturated rings. The number of aromatic nitrogens is 2. The zero-order valence-electron chi connectivity index (χ0n) is 19.2. The van der Waals surface area contributed by atoms with Gasteiger partial charge in [0.25, 0.3) is 0 Å². The predicted molar refractivity (Wildman–Crippen MR) is 132 cm³/mol. The Hall–Kier alpha value is -2.30. The predicted octanol–water partition coefficient (Wildman–Crippen LogP) is 5.80. The second-order valence-electron chi connectivity index (χ2n) is 9.21. The third-order valence-corrected chi connectivity index (χ3v) is 7.12. The Balaban J connectivity index is 0.000000180. The van der Waals surface area contributed by atoms with E-state index in [4.69, 9.17) is 4.98 Å². The molecule has 0 amide bonds. The van der Waals surface area contributed by atoms with Gasteiger partial charge in [0.15, 0.2) is 0 Å². The fourth-order valence-electron chi connectivity index (χ4n) is 5.52. The van der Waals surface area contributed by atoms with Crippen molar-refractivity contribution >= 4 is 11.0 Å². The molecule has 3 aromatic carbocycles. The first kappa shape index (κ1) is 24.8. The molecule has 4 aromatic rings. The Kier molecular flexibility index (Phi) is 8.33. The number of fused-ring (bicyclic) bond motifs is 2. The van der Waals surface area contributed by atoms with Crippen molar-refractivity contribution in [2.24, 2.45) is 11.8 Å². The van der Waals surface area contributed by atoms with Crippen molar-refractivity contribution in [3.63, 3.8) is 0 Å². The summed E-state index contributed by atoms with van der Waals surface area (Å²) >= 11 is 0. The molecule has 179 valence electrons. The van der Waals surface area contributed by atoms with E-state index in [9.17, 15) is 10.2 Å². The van der Waals surface area contributed by atoms with Crippen LogP contribution in [-0.4, -0.2) is 32.0 Å². The van der Waals surface area contributed by atoms with E-state index in [0.29, 0.717) is 5.92 Å². The molecule has 6 rings (SSSR count). The number of hydrogen-bond donors (Lipinski definition) is 2. The van der Waals surface area contributed by atoms with Crippen molar-refractivity contribution in [2.75, 3.05) is 0 Å². The maximum Gasteiger partial charge on any atom is 0.0774 e. The summed E-state index contributed by atoms with van der Waals surface area (Å²) in [5.74, 6) is 1.73. The molecule has 2 N–H and O–H groups in total. The third-order valence-electron chi connectivity index (χ3n) is 7.12. The Morgan fingerprint density at radius 2 is 1.47 bits per heavy atom. The molecule has 5 heteroatoms. The summed E-state index contributed by atoms with van der Waals surface area (Å²) < 4.78 is 2.18. The second kappa shape index (κ2) is 11.4. The van der Waals surface area contributed by atoms with Crippen LogP contribution in [0.4, 0.5) is 0 Å². The monoisotopic (exact) mass is 632 g/mol. The van der Waals surface area contributed by atoms with Gasteiger partial charge >= 0.3 is 0 Å². The normalized spacial score (nSPS) is 23.8. The van der Waals surface area contributed by atoms with E-state index < -0.39 is 0 Å². The van der Waals surface area contributed by atoms with Crippen LogP contribution in [0.3, 0.4) is 0 Å². The molecule has 0 bridgehead atoms. The molecule has 4 unspecified atom stereocenters. The number of aliphatic hydroxyl groups is 2. The fourth-order valence-corrected chi connectivity index (χ4v) is 5.52. The molecule has 1 aromatic heterocycles. The molecule has 2 aliphatic carbocycles. The molecular weight excluding hydrogens is 601 g/mol. The van der Waals surface area contributed by atoms with E-state index in [-0.39, 0.29) is 38.2 Å². The van der Waals surface area contributed by atoms with Gasteiger partial charge in [-0.05, 0) is 55.9 Å². The molecule has 0 saturated heterocycles. The summed E-state index contributed by atoms with van der Waals surface area (Å²) in [5, 5.41) is 19.4. The van der Waals surface area contributed by atoms with Crippen molar-refractivity contribution in [3.05, 3.63) is 84.9 Å². The average molecular weight is 632 g/mol. The molecule has 4 nitrogen and oxygen atoms in total.